The molecule has 0 amide bonds. The van der Waals surface area contributed by atoms with Gasteiger partial charge < -0.3 is 10.1 Å². The number of nitrogens with zero attached hydrogens (tertiary/aromatic N) is 1. The van der Waals surface area contributed by atoms with Crippen molar-refractivity contribution in [1.29, 1.82) is 0 Å². The van der Waals surface area contributed by atoms with Crippen LogP contribution in [-0.2, 0) is 4.74 Å². The summed E-state index contributed by atoms with van der Waals surface area (Å²) in [6.45, 7) is 3.87. The van der Waals surface area contributed by atoms with Crippen LogP contribution in [0.2, 0.25) is 0 Å². The zero-order valence-corrected chi connectivity index (χ0v) is 11.3. The van der Waals surface area contributed by atoms with Crippen molar-refractivity contribution in [2.75, 3.05) is 12.4 Å². The number of aromatic nitrogens is 1. The average Bonchev–Trinajstić information content (AvgIpc) is 2.72. The Kier molecular flexibility index (Phi) is 3.62. The maximum atomic E-state index is 11.5. The molecule has 0 unspecified atom stereocenters. The van der Waals surface area contributed by atoms with Gasteiger partial charge in [0.2, 0.25) is 0 Å². The third-order valence-electron chi connectivity index (χ3n) is 2.56. The Hall–Kier alpha value is -1.88. The SMILES string of the molecule is COC(=O)c1nc(Nc2ccccc2C)sc1C. The van der Waals surface area contributed by atoms with Crippen LogP contribution in [0.4, 0.5) is 10.8 Å². The van der Waals surface area contributed by atoms with Gasteiger partial charge in [-0.15, -0.1) is 11.3 Å². The van der Waals surface area contributed by atoms with E-state index in [4.69, 9.17) is 0 Å². The second-order valence-corrected chi connectivity index (χ2v) is 5.06. The van der Waals surface area contributed by atoms with Crippen LogP contribution in [0.3, 0.4) is 0 Å². The van der Waals surface area contributed by atoms with Gasteiger partial charge in [-0.2, -0.15) is 0 Å². The summed E-state index contributed by atoms with van der Waals surface area (Å²) in [5, 5.41) is 3.91. The van der Waals surface area contributed by atoms with E-state index >= 15 is 0 Å². The molecule has 94 valence electrons. The number of aryl methyl sites for hydroxylation is 2. The van der Waals surface area contributed by atoms with Gasteiger partial charge in [-0.1, -0.05) is 18.2 Å². The quantitative estimate of drug-likeness (QED) is 0.862. The normalized spacial score (nSPS) is 10.2. The molecule has 5 heteroatoms. The number of hydrogen-bond acceptors (Lipinski definition) is 5. The van der Waals surface area contributed by atoms with Gasteiger partial charge >= 0.3 is 5.97 Å². The summed E-state index contributed by atoms with van der Waals surface area (Å²) in [5.74, 6) is -0.401. The molecule has 0 aliphatic carbocycles. The zero-order chi connectivity index (χ0) is 13.1. The van der Waals surface area contributed by atoms with Crippen LogP contribution in [0.5, 0.6) is 0 Å². The summed E-state index contributed by atoms with van der Waals surface area (Å²) in [5.41, 5.74) is 2.49. The summed E-state index contributed by atoms with van der Waals surface area (Å²) in [4.78, 5) is 16.6. The fourth-order valence-electron chi connectivity index (χ4n) is 1.56. The van der Waals surface area contributed by atoms with Crippen molar-refractivity contribution >= 4 is 28.1 Å². The summed E-state index contributed by atoms with van der Waals surface area (Å²) in [7, 11) is 1.36. The highest BCUT2D eigenvalue weighted by Gasteiger charge is 2.15. The summed E-state index contributed by atoms with van der Waals surface area (Å²) in [6.07, 6.45) is 0. The van der Waals surface area contributed by atoms with Crippen molar-refractivity contribution < 1.29 is 9.53 Å². The number of thiazole rings is 1. The first-order valence-corrected chi connectivity index (χ1v) is 6.32. The van der Waals surface area contributed by atoms with Crippen molar-refractivity contribution in [3.63, 3.8) is 0 Å². The van der Waals surface area contributed by atoms with Crippen molar-refractivity contribution in [3.05, 3.63) is 40.4 Å². The highest BCUT2D eigenvalue weighted by molar-refractivity contribution is 7.15. The third-order valence-corrected chi connectivity index (χ3v) is 3.45. The topological polar surface area (TPSA) is 51.2 Å². The molecule has 2 aromatic rings. The van der Waals surface area contributed by atoms with E-state index in [9.17, 15) is 4.79 Å². The van der Waals surface area contributed by atoms with Crippen LogP contribution in [-0.4, -0.2) is 18.1 Å². The van der Waals surface area contributed by atoms with Gasteiger partial charge in [-0.05, 0) is 25.5 Å². The minimum atomic E-state index is -0.401. The number of carbonyl (C=O) groups is 1. The Morgan fingerprint density at radius 2 is 2.06 bits per heavy atom. The number of para-hydroxylation sites is 1. The van der Waals surface area contributed by atoms with Gasteiger partial charge in [0.25, 0.3) is 0 Å². The van der Waals surface area contributed by atoms with E-state index in [0.717, 1.165) is 16.1 Å². The first-order valence-electron chi connectivity index (χ1n) is 5.50. The standard InChI is InChI=1S/C13H14N2O2S/c1-8-6-4-5-7-10(8)14-13-15-11(9(2)18-13)12(16)17-3/h4-7H,1-3H3,(H,14,15). The van der Waals surface area contributed by atoms with Crippen LogP contribution in [0.15, 0.2) is 24.3 Å². The Balaban J connectivity index is 2.26. The van der Waals surface area contributed by atoms with E-state index in [1.165, 1.54) is 18.4 Å². The minimum Gasteiger partial charge on any atom is -0.464 e. The fourth-order valence-corrected chi connectivity index (χ4v) is 2.38. The lowest BCUT2D eigenvalue weighted by atomic mass is 10.2. The van der Waals surface area contributed by atoms with E-state index in [2.05, 4.69) is 15.0 Å². The number of rotatable bonds is 3. The first-order chi connectivity index (χ1) is 8.61. The fraction of sp³-hybridized carbons (Fsp3) is 0.231. The second kappa shape index (κ2) is 5.18. The van der Waals surface area contributed by atoms with Gasteiger partial charge in [0.05, 0.1) is 7.11 Å². The van der Waals surface area contributed by atoms with Crippen LogP contribution < -0.4 is 5.32 Å². The summed E-state index contributed by atoms with van der Waals surface area (Å²) in [6, 6.07) is 7.93. The van der Waals surface area contributed by atoms with Crippen LogP contribution in [0.25, 0.3) is 0 Å². The van der Waals surface area contributed by atoms with Crippen LogP contribution >= 0.6 is 11.3 Å². The molecule has 1 heterocycles. The Morgan fingerprint density at radius 1 is 1.33 bits per heavy atom. The van der Waals surface area contributed by atoms with E-state index < -0.39 is 5.97 Å². The van der Waals surface area contributed by atoms with Crippen LogP contribution in [0.1, 0.15) is 20.9 Å². The average molecular weight is 262 g/mol. The number of methoxy groups -OCH3 is 1. The molecule has 1 aromatic carbocycles. The number of hydrogen-bond donors (Lipinski definition) is 1. The monoisotopic (exact) mass is 262 g/mol. The van der Waals surface area contributed by atoms with Gasteiger partial charge in [-0.3, -0.25) is 0 Å². The molecule has 4 nitrogen and oxygen atoms in total. The molecular weight excluding hydrogens is 248 g/mol. The molecule has 1 N–H and O–H groups in total. The maximum absolute atomic E-state index is 11.5. The third kappa shape index (κ3) is 2.51. The van der Waals surface area contributed by atoms with Gasteiger partial charge in [0, 0.05) is 10.6 Å². The molecule has 0 saturated heterocycles. The molecule has 0 spiro atoms. The lowest BCUT2D eigenvalue weighted by Crippen LogP contribution is -2.03. The lowest BCUT2D eigenvalue weighted by Gasteiger charge is -2.05. The van der Waals surface area contributed by atoms with Gasteiger partial charge in [-0.25, -0.2) is 9.78 Å². The number of anilines is 2. The lowest BCUT2D eigenvalue weighted by molar-refractivity contribution is 0.0594. The molecule has 0 aliphatic rings. The minimum absolute atomic E-state index is 0.374. The number of nitrogens with one attached hydrogen (secondary N) is 1. The molecule has 2 rings (SSSR count). The summed E-state index contributed by atoms with van der Waals surface area (Å²) >= 11 is 1.44. The predicted molar refractivity (Wildman–Crippen MR) is 72.7 cm³/mol. The van der Waals surface area contributed by atoms with Crippen molar-refractivity contribution in [2.24, 2.45) is 0 Å². The van der Waals surface area contributed by atoms with E-state index in [-0.39, 0.29) is 0 Å². The number of carbonyl (C=O) groups excluding carboxylic acids is 1. The first kappa shape index (κ1) is 12.6. The van der Waals surface area contributed by atoms with E-state index in [0.29, 0.717) is 10.8 Å². The molecule has 0 aliphatic heterocycles. The predicted octanol–water partition coefficient (Wildman–Crippen LogP) is 3.29. The molecule has 1 aromatic heterocycles. The van der Waals surface area contributed by atoms with Gasteiger partial charge in [0.1, 0.15) is 0 Å². The maximum Gasteiger partial charge on any atom is 0.357 e. The molecule has 0 bridgehead atoms. The largest absolute Gasteiger partial charge is 0.464 e. The zero-order valence-electron chi connectivity index (χ0n) is 10.5. The molecule has 0 atom stereocenters. The Labute approximate surface area is 110 Å². The molecule has 0 radical (unpaired) electrons. The summed E-state index contributed by atoms with van der Waals surface area (Å²) < 4.78 is 4.68. The van der Waals surface area contributed by atoms with Crippen LogP contribution in [0, 0.1) is 13.8 Å². The smallest absolute Gasteiger partial charge is 0.357 e. The van der Waals surface area contributed by atoms with Crippen molar-refractivity contribution in [2.45, 2.75) is 13.8 Å². The highest BCUT2D eigenvalue weighted by Crippen LogP contribution is 2.27. The van der Waals surface area contributed by atoms with Crippen molar-refractivity contribution in [3.8, 4) is 0 Å². The second-order valence-electron chi connectivity index (χ2n) is 3.86. The molecule has 18 heavy (non-hydrogen) atoms. The van der Waals surface area contributed by atoms with Crippen molar-refractivity contribution in [1.82, 2.24) is 4.98 Å². The Morgan fingerprint density at radius 3 is 2.72 bits per heavy atom. The molecular formula is C13H14N2O2S. The van der Waals surface area contributed by atoms with Gasteiger partial charge in [0.15, 0.2) is 10.8 Å². The molecule has 0 fully saturated rings. The number of ether oxygens (including phenoxy) is 1. The number of esters is 1. The highest BCUT2D eigenvalue weighted by atomic mass is 32.1. The van der Waals surface area contributed by atoms with E-state index in [1.807, 2.05) is 38.1 Å². The van der Waals surface area contributed by atoms with E-state index in [1.54, 1.807) is 0 Å². The number of benzene rings is 1. The Bertz CT molecular complexity index is 578. The molecule has 0 saturated carbocycles.